The lowest BCUT2D eigenvalue weighted by atomic mass is 10.0. The summed E-state index contributed by atoms with van der Waals surface area (Å²) in [4.78, 5) is 9.86. The number of alkyl halides is 8. The van der Waals surface area contributed by atoms with Gasteiger partial charge in [0.15, 0.2) is 0 Å². The Balaban J connectivity index is 5.42. The van der Waals surface area contributed by atoms with Crippen LogP contribution in [0.1, 0.15) is 0 Å². The van der Waals surface area contributed by atoms with Gasteiger partial charge in [-0.2, -0.15) is 31.9 Å². The van der Waals surface area contributed by atoms with Gasteiger partial charge in [-0.1, -0.05) is 0 Å². The first kappa shape index (κ1) is 14.8. The van der Waals surface area contributed by atoms with Gasteiger partial charge in [0.25, 0.3) is 0 Å². The van der Waals surface area contributed by atoms with E-state index in [-0.39, 0.29) is 0 Å². The van der Waals surface area contributed by atoms with Crippen LogP contribution in [-0.2, 0) is 4.79 Å². The minimum Gasteiger partial charge on any atom is -0.265 e. The number of carbonyl (C=O) groups excluding carboxylic acids is 1. The van der Waals surface area contributed by atoms with Gasteiger partial charge in [-0.25, -0.2) is 8.78 Å². The van der Waals surface area contributed by atoms with E-state index in [1.54, 1.807) is 0 Å². The molecule has 0 unspecified atom stereocenters. The van der Waals surface area contributed by atoms with Crippen molar-refractivity contribution in [1.82, 2.24) is 5.54 Å². The van der Waals surface area contributed by atoms with Crippen LogP contribution in [-0.4, -0.2) is 30.1 Å². The minimum absolute atomic E-state index is 0.525. The Kier molecular flexibility index (Phi) is 3.72. The Labute approximate surface area is 81.3 Å². The summed E-state index contributed by atoms with van der Waals surface area (Å²) in [5.74, 6) is -23.0. The minimum atomic E-state index is -6.73. The van der Waals surface area contributed by atoms with E-state index in [9.17, 15) is 44.4 Å². The maximum absolute atomic E-state index is 12.3. The molecule has 2 nitrogen and oxygen atoms in total. The number of hydrogen-bond donors (Lipinski definition) is 1. The highest BCUT2D eigenvalue weighted by atomic mass is 19.4. The number of carbonyl (C=O) groups is 1. The molecule has 11 heteroatoms. The van der Waals surface area contributed by atoms with E-state index in [0.29, 0.717) is 0 Å². The van der Waals surface area contributed by atoms with Crippen LogP contribution >= 0.6 is 0 Å². The molecule has 0 heterocycles. The van der Waals surface area contributed by atoms with Gasteiger partial charge in [0.1, 0.15) is 0 Å². The van der Waals surface area contributed by atoms with Crippen molar-refractivity contribution in [3.8, 4) is 0 Å². The molecular formula is C5H2F9NO. The molecule has 0 aliphatic rings. The van der Waals surface area contributed by atoms with Gasteiger partial charge in [-0.15, -0.1) is 4.48 Å². The molecule has 0 saturated heterocycles. The molecule has 16 heavy (non-hydrogen) atoms. The Morgan fingerprint density at radius 3 is 1.62 bits per heavy atom. The highest BCUT2D eigenvalue weighted by molar-refractivity contribution is 5.83. The van der Waals surface area contributed by atoms with Gasteiger partial charge < -0.3 is 0 Å². The van der Waals surface area contributed by atoms with Crippen LogP contribution in [0.15, 0.2) is 0 Å². The van der Waals surface area contributed by atoms with Gasteiger partial charge in [-0.05, 0) is 0 Å². The molecule has 0 fully saturated rings. The van der Waals surface area contributed by atoms with Crippen molar-refractivity contribution in [2.45, 2.75) is 24.2 Å². The molecule has 1 N–H and O–H groups in total. The average molecular weight is 263 g/mol. The van der Waals surface area contributed by atoms with Crippen molar-refractivity contribution in [2.75, 3.05) is 0 Å². The molecule has 0 atom stereocenters. The van der Waals surface area contributed by atoms with Crippen molar-refractivity contribution >= 4 is 5.91 Å². The second-order valence-corrected chi connectivity index (χ2v) is 2.50. The predicted octanol–water partition coefficient (Wildman–Crippen LogP) is 2.16. The monoisotopic (exact) mass is 263 g/mol. The highest BCUT2D eigenvalue weighted by Crippen LogP contribution is 2.48. The van der Waals surface area contributed by atoms with Crippen LogP contribution in [0.25, 0.3) is 0 Å². The summed E-state index contributed by atoms with van der Waals surface area (Å²) in [5, 5.41) is 0. The SMILES string of the molecule is O=C(NF)C(F)(F)C(F)(F)C(F)(F)C(F)F. The maximum Gasteiger partial charge on any atom is 0.395 e. The molecule has 96 valence electrons. The van der Waals surface area contributed by atoms with E-state index in [1.165, 1.54) is 0 Å². The Hall–Kier alpha value is -1.16. The van der Waals surface area contributed by atoms with E-state index in [0.717, 1.165) is 0 Å². The summed E-state index contributed by atoms with van der Waals surface area (Å²) < 4.78 is 107. The lowest BCUT2D eigenvalue weighted by molar-refractivity contribution is -0.328. The summed E-state index contributed by atoms with van der Waals surface area (Å²) in [6.07, 6.45) is -5.15. The molecule has 0 aromatic rings. The highest BCUT2D eigenvalue weighted by Gasteiger charge is 2.78. The van der Waals surface area contributed by atoms with Crippen molar-refractivity contribution < 1.29 is 44.4 Å². The van der Waals surface area contributed by atoms with Crippen LogP contribution in [0.3, 0.4) is 0 Å². The Morgan fingerprint density at radius 2 is 1.38 bits per heavy atom. The molecule has 0 aromatic heterocycles. The van der Waals surface area contributed by atoms with Crippen LogP contribution in [0, 0.1) is 0 Å². The summed E-state index contributed by atoms with van der Waals surface area (Å²) in [7, 11) is 0. The smallest absolute Gasteiger partial charge is 0.265 e. The second-order valence-electron chi connectivity index (χ2n) is 2.50. The van der Waals surface area contributed by atoms with E-state index in [4.69, 9.17) is 0 Å². The van der Waals surface area contributed by atoms with Crippen molar-refractivity contribution in [1.29, 1.82) is 0 Å². The van der Waals surface area contributed by atoms with Gasteiger partial charge in [0.05, 0.1) is 0 Å². The number of hydrogen-bond acceptors (Lipinski definition) is 1. The molecular weight excluding hydrogens is 261 g/mol. The summed E-state index contributed by atoms with van der Waals surface area (Å²) in [5.41, 5.74) is -0.525. The fraction of sp³-hybridized carbons (Fsp3) is 0.800. The van der Waals surface area contributed by atoms with E-state index < -0.39 is 35.6 Å². The summed E-state index contributed by atoms with van der Waals surface area (Å²) in [6, 6.07) is 0. The molecule has 0 aliphatic heterocycles. The van der Waals surface area contributed by atoms with Gasteiger partial charge in [-0.3, -0.25) is 4.79 Å². The third-order valence-electron chi connectivity index (χ3n) is 1.46. The van der Waals surface area contributed by atoms with Gasteiger partial charge in [0, 0.05) is 0 Å². The molecule has 0 bridgehead atoms. The third kappa shape index (κ3) is 1.89. The van der Waals surface area contributed by atoms with E-state index in [1.807, 2.05) is 0 Å². The zero-order valence-corrected chi connectivity index (χ0v) is 6.89. The molecule has 0 saturated carbocycles. The zero-order valence-electron chi connectivity index (χ0n) is 6.89. The summed E-state index contributed by atoms with van der Waals surface area (Å²) >= 11 is 0. The van der Waals surface area contributed by atoms with Crippen molar-refractivity contribution in [2.24, 2.45) is 0 Å². The average Bonchev–Trinajstić information content (AvgIpc) is 2.15. The molecule has 0 spiro atoms. The maximum atomic E-state index is 12.3. The lowest BCUT2D eigenvalue weighted by Gasteiger charge is -2.30. The zero-order chi connectivity index (χ0) is 13.4. The van der Waals surface area contributed by atoms with E-state index in [2.05, 4.69) is 0 Å². The van der Waals surface area contributed by atoms with E-state index >= 15 is 0 Å². The Morgan fingerprint density at radius 1 is 1.00 bits per heavy atom. The molecule has 1 amide bonds. The predicted molar refractivity (Wildman–Crippen MR) is 30.1 cm³/mol. The van der Waals surface area contributed by atoms with Gasteiger partial charge in [0.2, 0.25) is 0 Å². The first-order valence-corrected chi connectivity index (χ1v) is 3.25. The van der Waals surface area contributed by atoms with Gasteiger partial charge >= 0.3 is 30.1 Å². The molecule has 0 aliphatic carbocycles. The molecule has 0 rings (SSSR count). The largest absolute Gasteiger partial charge is 0.395 e. The molecule has 0 aromatic carbocycles. The van der Waals surface area contributed by atoms with Crippen LogP contribution in [0.2, 0.25) is 0 Å². The van der Waals surface area contributed by atoms with Crippen LogP contribution in [0.4, 0.5) is 39.6 Å². The number of halogens is 9. The second kappa shape index (κ2) is 4.01. The third-order valence-corrected chi connectivity index (χ3v) is 1.46. The fourth-order valence-electron chi connectivity index (χ4n) is 0.548. The van der Waals surface area contributed by atoms with Crippen LogP contribution in [0.5, 0.6) is 0 Å². The molecule has 0 radical (unpaired) electrons. The lowest BCUT2D eigenvalue weighted by Crippen LogP contribution is -2.62. The number of rotatable bonds is 4. The number of nitrogens with one attached hydrogen (secondary N) is 1. The quantitative estimate of drug-likeness (QED) is 0.611. The standard InChI is InChI=1S/C5H2F9NO/c6-1(7)3(8,9)5(12,13)4(10,11)2(16)15-14/h1H,(H,15,16). The van der Waals surface area contributed by atoms with Crippen molar-refractivity contribution in [3.05, 3.63) is 0 Å². The Bertz CT molecular complexity index is 275. The van der Waals surface area contributed by atoms with Crippen molar-refractivity contribution in [3.63, 3.8) is 0 Å². The fourth-order valence-corrected chi connectivity index (χ4v) is 0.548. The topological polar surface area (TPSA) is 29.1 Å². The summed E-state index contributed by atoms with van der Waals surface area (Å²) in [6.45, 7) is 0. The first-order valence-electron chi connectivity index (χ1n) is 3.25. The van der Waals surface area contributed by atoms with Crippen LogP contribution < -0.4 is 5.54 Å². The number of amides is 1. The normalized spacial score (nSPS) is 14.1. The first-order chi connectivity index (χ1) is 6.92.